The Balaban J connectivity index is 1.41. The van der Waals surface area contributed by atoms with Gasteiger partial charge in [0.25, 0.3) is 35.0 Å². The van der Waals surface area contributed by atoms with Crippen LogP contribution in [0.4, 0.5) is 0 Å². The predicted octanol–water partition coefficient (Wildman–Crippen LogP) is 3.16. The van der Waals surface area contributed by atoms with Crippen LogP contribution in [-0.2, 0) is 0 Å². The van der Waals surface area contributed by atoms with E-state index in [1.54, 1.807) is 0 Å². The quantitative estimate of drug-likeness (QED) is 0.333. The van der Waals surface area contributed by atoms with E-state index in [2.05, 4.69) is 104 Å². The second kappa shape index (κ2) is 6.58. The first-order chi connectivity index (χ1) is 20.7. The standard InChI is InChI=1S/C34H20N8/c1-18-19-10-2-4-12-21(19)28-36-30-23-14-6-8-16-25(23)32-38-33-26-17-9-7-15-24(26)31-37-29-22-13-5-3-11-20(22)27(35)40(29)34(39(18)28,41(30)32)42(31)33/h2-17,35H,1H3/q+4. The molecule has 0 amide bonds. The van der Waals surface area contributed by atoms with Crippen molar-refractivity contribution in [2.45, 2.75) is 12.8 Å². The molecule has 8 nitrogen and oxygen atoms in total. The van der Waals surface area contributed by atoms with Gasteiger partial charge in [-0.15, -0.1) is 18.3 Å². The Hall–Kier alpha value is -5.76. The molecule has 0 saturated carbocycles. The van der Waals surface area contributed by atoms with E-state index in [0.717, 1.165) is 85.2 Å². The van der Waals surface area contributed by atoms with Gasteiger partial charge in [0, 0.05) is 5.56 Å². The highest BCUT2D eigenvalue weighted by Gasteiger charge is 2.76. The van der Waals surface area contributed by atoms with E-state index < -0.39 is 5.91 Å². The Kier molecular flexibility index (Phi) is 3.30. The molecule has 192 valence electrons. The van der Waals surface area contributed by atoms with Gasteiger partial charge >= 0.3 is 11.7 Å². The van der Waals surface area contributed by atoms with Crippen molar-refractivity contribution in [3.05, 3.63) is 142 Å². The number of amidine groups is 7. The minimum absolute atomic E-state index is 0.403. The van der Waals surface area contributed by atoms with Crippen molar-refractivity contribution in [2.24, 2.45) is 15.0 Å². The molecular formula is C34H20N8+4. The van der Waals surface area contributed by atoms with Crippen LogP contribution in [0.1, 0.15) is 51.4 Å². The van der Waals surface area contributed by atoms with Gasteiger partial charge in [-0.05, 0) is 49.4 Å². The van der Waals surface area contributed by atoms with Gasteiger partial charge < -0.3 is 0 Å². The van der Waals surface area contributed by atoms with Crippen molar-refractivity contribution in [3.8, 4) is 0 Å². The summed E-state index contributed by atoms with van der Waals surface area (Å²) in [6.07, 6.45) is 0. The van der Waals surface area contributed by atoms with Crippen LogP contribution in [0.15, 0.2) is 112 Å². The van der Waals surface area contributed by atoms with Crippen molar-refractivity contribution in [3.63, 3.8) is 0 Å². The summed E-state index contributed by atoms with van der Waals surface area (Å²) in [7, 11) is 0. The first-order valence-electron chi connectivity index (χ1n) is 14.1. The number of rotatable bonds is 0. The molecular weight excluding hydrogens is 520 g/mol. The van der Waals surface area contributed by atoms with E-state index >= 15 is 0 Å². The first kappa shape index (κ1) is 21.0. The van der Waals surface area contributed by atoms with Gasteiger partial charge in [0.2, 0.25) is 0 Å². The zero-order valence-corrected chi connectivity index (χ0v) is 22.4. The minimum atomic E-state index is -1.09. The number of fused-ring (bicyclic) bond motifs is 11. The third-order valence-corrected chi connectivity index (χ3v) is 9.46. The smallest absolute Gasteiger partial charge is 0.159 e. The van der Waals surface area contributed by atoms with Crippen molar-refractivity contribution in [2.75, 3.05) is 0 Å². The second-order valence-corrected chi connectivity index (χ2v) is 11.3. The summed E-state index contributed by atoms with van der Waals surface area (Å²) in [5.41, 5.74) is 9.25. The Bertz CT molecular complexity index is 2280. The Labute approximate surface area is 239 Å². The second-order valence-electron chi connectivity index (χ2n) is 11.3. The topological polar surface area (TPSA) is 73.0 Å². The average Bonchev–Trinajstić information content (AvgIpc) is 3.73. The molecule has 7 aliphatic heterocycles. The maximum atomic E-state index is 9.75. The molecule has 7 heterocycles. The van der Waals surface area contributed by atoms with Crippen molar-refractivity contribution in [1.82, 2.24) is 0 Å². The molecule has 1 N–H and O–H groups in total. The van der Waals surface area contributed by atoms with E-state index in [1.165, 1.54) is 0 Å². The fourth-order valence-electron chi connectivity index (χ4n) is 7.84. The molecule has 4 aromatic rings. The van der Waals surface area contributed by atoms with Crippen LogP contribution in [0.2, 0.25) is 0 Å². The molecule has 0 fully saturated rings. The molecule has 1 atom stereocenters. The first-order valence-corrected chi connectivity index (χ1v) is 14.1. The molecule has 7 aliphatic rings. The SMILES string of the molecule is CC1=[N+]2C(=NC3=[N+]4C(=NC5=[N+]6C(=NC7=[N+](C(=N)c8ccccc87)C246)c2ccccc25)c2ccccc23)c2ccccc21. The van der Waals surface area contributed by atoms with Crippen molar-refractivity contribution in [1.29, 1.82) is 5.41 Å². The predicted molar refractivity (Wildman–Crippen MR) is 158 cm³/mol. The van der Waals surface area contributed by atoms with Crippen LogP contribution >= 0.6 is 0 Å². The Morgan fingerprint density at radius 1 is 0.452 bits per heavy atom. The van der Waals surface area contributed by atoms with E-state index in [1.807, 2.05) is 18.2 Å². The van der Waals surface area contributed by atoms with Crippen molar-refractivity contribution < 1.29 is 18.3 Å². The molecule has 4 aromatic carbocycles. The summed E-state index contributed by atoms with van der Waals surface area (Å²) in [4.78, 5) is 16.2. The van der Waals surface area contributed by atoms with Gasteiger partial charge in [-0.3, -0.25) is 0 Å². The summed E-state index contributed by atoms with van der Waals surface area (Å²) in [6.45, 7) is 2.16. The Morgan fingerprint density at radius 3 is 1.33 bits per heavy atom. The van der Waals surface area contributed by atoms with Crippen LogP contribution < -0.4 is 0 Å². The van der Waals surface area contributed by atoms with Gasteiger partial charge in [0.15, 0.2) is 0 Å². The molecule has 8 heteroatoms. The maximum absolute atomic E-state index is 9.75. The van der Waals surface area contributed by atoms with Crippen LogP contribution in [-0.4, -0.2) is 70.8 Å². The van der Waals surface area contributed by atoms with Gasteiger partial charge in [0.1, 0.15) is 5.71 Å². The van der Waals surface area contributed by atoms with Crippen LogP contribution in [0.3, 0.4) is 0 Å². The molecule has 0 radical (unpaired) electrons. The minimum Gasteiger partial charge on any atom is -0.159 e. The van der Waals surface area contributed by atoms with Gasteiger partial charge in [-0.2, -0.15) is 5.41 Å². The summed E-state index contributed by atoms with van der Waals surface area (Å²) in [6, 6.07) is 33.4. The number of nitrogens with zero attached hydrogens (tertiary/aromatic N) is 7. The molecule has 1 spiro atoms. The summed E-state index contributed by atoms with van der Waals surface area (Å²) in [5.74, 6) is 4.27. The number of aliphatic imine (C=N–C) groups is 3. The monoisotopic (exact) mass is 540 g/mol. The van der Waals surface area contributed by atoms with Gasteiger partial charge in [0.05, 0.1) is 38.9 Å². The van der Waals surface area contributed by atoms with Crippen LogP contribution in [0, 0.1) is 5.41 Å². The molecule has 0 saturated heterocycles. The fraction of sp³-hybridized carbons (Fsp3) is 0.0588. The van der Waals surface area contributed by atoms with E-state index in [0.29, 0.717) is 5.84 Å². The summed E-state index contributed by atoms with van der Waals surface area (Å²) < 4.78 is 8.93. The number of nitrogens with one attached hydrogen (secondary N) is 1. The number of hydrogen-bond donors (Lipinski definition) is 1. The maximum Gasteiger partial charge on any atom is 0.509 e. The molecule has 0 aliphatic carbocycles. The number of benzene rings is 4. The molecule has 11 rings (SSSR count). The van der Waals surface area contributed by atoms with E-state index in [9.17, 15) is 5.41 Å². The lowest BCUT2D eigenvalue weighted by atomic mass is 10.1. The summed E-state index contributed by atoms with van der Waals surface area (Å²) >= 11 is 0. The van der Waals surface area contributed by atoms with Gasteiger partial charge in [-0.25, -0.2) is 0 Å². The van der Waals surface area contributed by atoms with Crippen molar-refractivity contribution >= 4 is 46.6 Å². The highest BCUT2D eigenvalue weighted by Crippen LogP contribution is 2.44. The average molecular weight is 541 g/mol. The Morgan fingerprint density at radius 2 is 0.810 bits per heavy atom. The molecule has 0 bridgehead atoms. The van der Waals surface area contributed by atoms with Gasteiger partial charge in [-0.1, -0.05) is 69.6 Å². The van der Waals surface area contributed by atoms with Crippen LogP contribution in [0.5, 0.6) is 0 Å². The number of hydrogen-bond acceptors (Lipinski definition) is 4. The lowest BCUT2D eigenvalue weighted by molar-refractivity contribution is -1.06. The molecule has 1 unspecified atom stereocenters. The summed E-state index contributed by atoms with van der Waals surface area (Å²) in [5, 5.41) is 9.75. The normalized spacial score (nSPS) is 22.6. The lowest BCUT2D eigenvalue weighted by Crippen LogP contribution is -2.75. The fourth-order valence-corrected chi connectivity index (χ4v) is 7.84. The zero-order valence-electron chi connectivity index (χ0n) is 22.4. The molecule has 42 heavy (non-hydrogen) atoms. The van der Waals surface area contributed by atoms with Crippen LogP contribution in [0.25, 0.3) is 0 Å². The molecule has 0 aromatic heterocycles. The highest BCUT2D eigenvalue weighted by molar-refractivity contribution is 6.28. The third-order valence-electron chi connectivity index (χ3n) is 9.46. The highest BCUT2D eigenvalue weighted by atomic mass is 15.7. The van der Waals surface area contributed by atoms with E-state index in [-0.39, 0.29) is 0 Å². The zero-order chi connectivity index (χ0) is 27.5. The lowest BCUT2D eigenvalue weighted by Gasteiger charge is -2.36. The third kappa shape index (κ3) is 1.98. The van der Waals surface area contributed by atoms with E-state index in [4.69, 9.17) is 15.0 Å². The largest absolute Gasteiger partial charge is 0.509 e.